The van der Waals surface area contributed by atoms with Crippen LogP contribution >= 0.6 is 11.6 Å². The summed E-state index contributed by atoms with van der Waals surface area (Å²) in [6, 6.07) is 15.2. The Morgan fingerprint density at radius 2 is 1.81 bits per heavy atom. The SMILES string of the molecule is Cc1cc(C)cc(OCc2c(C(=O)Nc3ccn(Cc4ccc(Cl)cc4)n3)noc2C)c1. The van der Waals surface area contributed by atoms with E-state index in [4.69, 9.17) is 20.9 Å². The van der Waals surface area contributed by atoms with Crippen LogP contribution in [0.25, 0.3) is 0 Å². The molecular formula is C24H23ClN4O3. The van der Waals surface area contributed by atoms with Crippen molar-refractivity contribution < 1.29 is 14.1 Å². The number of nitrogens with one attached hydrogen (secondary N) is 1. The Labute approximate surface area is 190 Å². The lowest BCUT2D eigenvalue weighted by atomic mass is 10.1. The molecule has 2 aromatic heterocycles. The van der Waals surface area contributed by atoms with E-state index in [0.717, 1.165) is 22.4 Å². The highest BCUT2D eigenvalue weighted by molar-refractivity contribution is 6.30. The van der Waals surface area contributed by atoms with Crippen molar-refractivity contribution in [1.82, 2.24) is 14.9 Å². The van der Waals surface area contributed by atoms with Gasteiger partial charge in [-0.25, -0.2) is 0 Å². The molecule has 0 atom stereocenters. The van der Waals surface area contributed by atoms with E-state index in [1.807, 2.05) is 50.2 Å². The van der Waals surface area contributed by atoms with Crippen molar-refractivity contribution in [3.05, 3.63) is 93.5 Å². The summed E-state index contributed by atoms with van der Waals surface area (Å²) in [4.78, 5) is 12.8. The van der Waals surface area contributed by atoms with E-state index in [0.29, 0.717) is 28.7 Å². The lowest BCUT2D eigenvalue weighted by Crippen LogP contribution is -2.16. The zero-order chi connectivity index (χ0) is 22.7. The molecule has 0 radical (unpaired) electrons. The van der Waals surface area contributed by atoms with E-state index in [-0.39, 0.29) is 12.3 Å². The zero-order valence-corrected chi connectivity index (χ0v) is 18.8. The zero-order valence-electron chi connectivity index (χ0n) is 18.1. The van der Waals surface area contributed by atoms with Gasteiger partial charge in [-0.1, -0.05) is 35.0 Å². The van der Waals surface area contributed by atoms with E-state index < -0.39 is 5.91 Å². The van der Waals surface area contributed by atoms with Crippen LogP contribution in [-0.2, 0) is 13.2 Å². The van der Waals surface area contributed by atoms with Crippen LogP contribution in [0.2, 0.25) is 5.02 Å². The van der Waals surface area contributed by atoms with Crippen molar-refractivity contribution in [3.8, 4) is 5.75 Å². The van der Waals surface area contributed by atoms with Gasteiger partial charge < -0.3 is 14.6 Å². The molecule has 0 aliphatic carbocycles. The van der Waals surface area contributed by atoms with Gasteiger partial charge in [-0.3, -0.25) is 9.48 Å². The van der Waals surface area contributed by atoms with Gasteiger partial charge >= 0.3 is 0 Å². The normalized spacial score (nSPS) is 10.9. The minimum atomic E-state index is -0.405. The Bertz CT molecular complexity index is 1220. The first-order valence-corrected chi connectivity index (χ1v) is 10.5. The van der Waals surface area contributed by atoms with Crippen LogP contribution in [0.1, 0.15) is 38.5 Å². The summed E-state index contributed by atoms with van der Waals surface area (Å²) in [7, 11) is 0. The molecule has 0 aliphatic rings. The lowest BCUT2D eigenvalue weighted by molar-refractivity contribution is 0.101. The second-order valence-corrected chi connectivity index (χ2v) is 8.09. The van der Waals surface area contributed by atoms with Crippen molar-refractivity contribution in [2.45, 2.75) is 33.9 Å². The fraction of sp³-hybridized carbons (Fsp3) is 0.208. The highest BCUT2D eigenvalue weighted by Gasteiger charge is 2.21. The van der Waals surface area contributed by atoms with E-state index in [2.05, 4.69) is 21.6 Å². The predicted molar refractivity (Wildman–Crippen MR) is 122 cm³/mol. The largest absolute Gasteiger partial charge is 0.489 e. The van der Waals surface area contributed by atoms with Crippen molar-refractivity contribution in [2.24, 2.45) is 0 Å². The summed E-state index contributed by atoms with van der Waals surface area (Å²) in [5.41, 5.74) is 4.04. The van der Waals surface area contributed by atoms with Crippen LogP contribution in [0.15, 0.2) is 59.3 Å². The van der Waals surface area contributed by atoms with Crippen molar-refractivity contribution in [1.29, 1.82) is 0 Å². The maximum Gasteiger partial charge on any atom is 0.279 e. The van der Waals surface area contributed by atoms with Crippen LogP contribution in [0, 0.1) is 20.8 Å². The summed E-state index contributed by atoms with van der Waals surface area (Å²) in [6.07, 6.45) is 1.79. The Morgan fingerprint density at radius 1 is 1.09 bits per heavy atom. The maximum atomic E-state index is 12.8. The molecule has 0 saturated carbocycles. The topological polar surface area (TPSA) is 82.2 Å². The van der Waals surface area contributed by atoms with Gasteiger partial charge in [0.15, 0.2) is 11.5 Å². The Kier molecular flexibility index (Phi) is 6.28. The number of carbonyl (C=O) groups is 1. The van der Waals surface area contributed by atoms with Crippen molar-refractivity contribution >= 4 is 23.3 Å². The monoisotopic (exact) mass is 450 g/mol. The fourth-order valence-corrected chi connectivity index (χ4v) is 3.51. The Balaban J connectivity index is 1.43. The third-order valence-corrected chi connectivity index (χ3v) is 5.17. The standard InChI is InChI=1S/C24H23ClN4O3/c1-15-10-16(2)12-20(11-15)31-14-21-17(3)32-28-23(21)24(30)26-22-8-9-29(27-22)13-18-4-6-19(25)7-5-18/h4-12H,13-14H2,1-3H3,(H,26,27,30). The summed E-state index contributed by atoms with van der Waals surface area (Å²) < 4.78 is 12.9. The number of benzene rings is 2. The summed E-state index contributed by atoms with van der Waals surface area (Å²) in [5.74, 6) is 1.28. The number of hydrogen-bond acceptors (Lipinski definition) is 5. The highest BCUT2D eigenvalue weighted by Crippen LogP contribution is 2.21. The predicted octanol–water partition coefficient (Wildman–Crippen LogP) is 5.33. The molecule has 32 heavy (non-hydrogen) atoms. The molecule has 0 aliphatic heterocycles. The molecule has 1 amide bonds. The van der Waals surface area contributed by atoms with E-state index in [9.17, 15) is 4.79 Å². The van der Waals surface area contributed by atoms with Gasteiger partial charge in [-0.15, -0.1) is 0 Å². The van der Waals surface area contributed by atoms with Gasteiger partial charge in [0, 0.05) is 17.3 Å². The number of aromatic nitrogens is 3. The first-order valence-electron chi connectivity index (χ1n) is 10.1. The van der Waals surface area contributed by atoms with Gasteiger partial charge in [-0.2, -0.15) is 5.10 Å². The summed E-state index contributed by atoms with van der Waals surface area (Å²) >= 11 is 5.93. The first-order chi connectivity index (χ1) is 15.4. The number of rotatable bonds is 7. The number of halogens is 1. The van der Waals surface area contributed by atoms with E-state index in [1.54, 1.807) is 23.9 Å². The molecule has 7 nitrogen and oxygen atoms in total. The van der Waals surface area contributed by atoms with Gasteiger partial charge in [0.1, 0.15) is 18.1 Å². The van der Waals surface area contributed by atoms with Gasteiger partial charge in [-0.05, 0) is 61.7 Å². The fourth-order valence-electron chi connectivity index (χ4n) is 3.38. The number of aryl methyl sites for hydroxylation is 3. The smallest absolute Gasteiger partial charge is 0.279 e. The second-order valence-electron chi connectivity index (χ2n) is 7.66. The number of hydrogen-bond donors (Lipinski definition) is 1. The molecule has 1 N–H and O–H groups in total. The molecule has 4 rings (SSSR count). The molecule has 4 aromatic rings. The van der Waals surface area contributed by atoms with Gasteiger partial charge in [0.25, 0.3) is 5.91 Å². The Hall–Kier alpha value is -3.58. The number of nitrogens with zero attached hydrogens (tertiary/aromatic N) is 3. The maximum absolute atomic E-state index is 12.8. The van der Waals surface area contributed by atoms with Crippen molar-refractivity contribution in [2.75, 3.05) is 5.32 Å². The molecule has 0 bridgehead atoms. The summed E-state index contributed by atoms with van der Waals surface area (Å²) in [6.45, 7) is 6.51. The summed E-state index contributed by atoms with van der Waals surface area (Å²) in [5, 5.41) is 11.8. The number of anilines is 1. The lowest BCUT2D eigenvalue weighted by Gasteiger charge is -2.08. The molecule has 164 valence electrons. The third kappa shape index (κ3) is 5.18. The number of carbonyl (C=O) groups excluding carboxylic acids is 1. The van der Waals surface area contributed by atoms with E-state index in [1.165, 1.54) is 0 Å². The van der Waals surface area contributed by atoms with Gasteiger partial charge in [0.2, 0.25) is 0 Å². The minimum absolute atomic E-state index is 0.173. The molecule has 0 saturated heterocycles. The molecule has 2 aromatic carbocycles. The number of ether oxygens (including phenoxy) is 1. The third-order valence-electron chi connectivity index (χ3n) is 4.92. The van der Waals surface area contributed by atoms with Crippen molar-refractivity contribution in [3.63, 3.8) is 0 Å². The van der Waals surface area contributed by atoms with Crippen LogP contribution in [-0.4, -0.2) is 20.8 Å². The van der Waals surface area contributed by atoms with Crippen LogP contribution in [0.4, 0.5) is 5.82 Å². The average Bonchev–Trinajstić information content (AvgIpc) is 3.33. The van der Waals surface area contributed by atoms with Crippen LogP contribution in [0.5, 0.6) is 5.75 Å². The molecular weight excluding hydrogens is 428 g/mol. The number of amides is 1. The minimum Gasteiger partial charge on any atom is -0.489 e. The van der Waals surface area contributed by atoms with Gasteiger partial charge in [0.05, 0.1) is 12.1 Å². The highest BCUT2D eigenvalue weighted by atomic mass is 35.5. The average molecular weight is 451 g/mol. The molecule has 2 heterocycles. The Morgan fingerprint density at radius 3 is 2.53 bits per heavy atom. The quantitative estimate of drug-likeness (QED) is 0.411. The molecule has 0 spiro atoms. The van der Waals surface area contributed by atoms with Crippen LogP contribution < -0.4 is 10.1 Å². The molecule has 0 fully saturated rings. The molecule has 8 heteroatoms. The second kappa shape index (κ2) is 9.28. The molecule has 0 unspecified atom stereocenters. The van der Waals surface area contributed by atoms with Crippen LogP contribution in [0.3, 0.4) is 0 Å². The first kappa shape index (κ1) is 21.6. The van der Waals surface area contributed by atoms with E-state index >= 15 is 0 Å².